The molecule has 82 valence electrons. The van der Waals surface area contributed by atoms with Crippen LogP contribution in [0.15, 0.2) is 24.3 Å². The lowest BCUT2D eigenvalue weighted by atomic mass is 10.1. The molecule has 0 spiro atoms. The summed E-state index contributed by atoms with van der Waals surface area (Å²) in [4.78, 5) is 11.1. The van der Waals surface area contributed by atoms with Crippen molar-refractivity contribution >= 4 is 5.91 Å². The molecule has 0 unspecified atom stereocenters. The van der Waals surface area contributed by atoms with E-state index in [2.05, 4.69) is 13.8 Å². The van der Waals surface area contributed by atoms with Crippen molar-refractivity contribution < 1.29 is 9.53 Å². The summed E-state index contributed by atoms with van der Waals surface area (Å²) in [5.41, 5.74) is 5.70. The molecule has 1 aromatic rings. The molecule has 3 heteroatoms. The third-order valence-corrected chi connectivity index (χ3v) is 2.36. The number of hydrogen-bond acceptors (Lipinski definition) is 2. The summed E-state index contributed by atoms with van der Waals surface area (Å²) in [5.74, 6) is 0.134. The highest BCUT2D eigenvalue weighted by Crippen LogP contribution is 2.20. The standard InChI is InChI=1S/C12H17NO2/c1-3-9(4-2)15-11-8-6-5-7-10(11)12(13)14/h5-9H,3-4H2,1-2H3,(H2,13,14). The Morgan fingerprint density at radius 3 is 2.47 bits per heavy atom. The van der Waals surface area contributed by atoms with E-state index in [4.69, 9.17) is 10.5 Å². The van der Waals surface area contributed by atoms with Crippen LogP contribution in [0, 0.1) is 0 Å². The Kier molecular flexibility index (Phi) is 4.16. The highest BCUT2D eigenvalue weighted by Gasteiger charge is 2.11. The highest BCUT2D eigenvalue weighted by atomic mass is 16.5. The van der Waals surface area contributed by atoms with E-state index in [1.165, 1.54) is 0 Å². The van der Waals surface area contributed by atoms with E-state index < -0.39 is 5.91 Å². The van der Waals surface area contributed by atoms with Gasteiger partial charge in [-0.05, 0) is 25.0 Å². The first kappa shape index (κ1) is 11.6. The molecule has 3 nitrogen and oxygen atoms in total. The SMILES string of the molecule is CCC(CC)Oc1ccccc1C(N)=O. The summed E-state index contributed by atoms with van der Waals surface area (Å²) in [5, 5.41) is 0. The average molecular weight is 207 g/mol. The van der Waals surface area contributed by atoms with Crippen molar-refractivity contribution in [3.8, 4) is 5.75 Å². The van der Waals surface area contributed by atoms with Gasteiger partial charge in [0.1, 0.15) is 5.75 Å². The maximum atomic E-state index is 11.1. The fraction of sp³-hybridized carbons (Fsp3) is 0.417. The van der Waals surface area contributed by atoms with Crippen LogP contribution in [0.5, 0.6) is 5.75 Å². The molecule has 0 aliphatic heterocycles. The van der Waals surface area contributed by atoms with E-state index in [0.29, 0.717) is 11.3 Å². The number of benzene rings is 1. The Bertz CT molecular complexity index is 332. The molecule has 0 atom stereocenters. The van der Waals surface area contributed by atoms with E-state index in [-0.39, 0.29) is 6.10 Å². The van der Waals surface area contributed by atoms with Gasteiger partial charge in [-0.25, -0.2) is 0 Å². The molecule has 15 heavy (non-hydrogen) atoms. The summed E-state index contributed by atoms with van der Waals surface area (Å²) < 4.78 is 5.70. The van der Waals surface area contributed by atoms with Crippen LogP contribution in [0.2, 0.25) is 0 Å². The molecule has 0 radical (unpaired) electrons. The predicted octanol–water partition coefficient (Wildman–Crippen LogP) is 2.35. The van der Waals surface area contributed by atoms with E-state index in [0.717, 1.165) is 12.8 Å². The maximum Gasteiger partial charge on any atom is 0.252 e. The zero-order valence-electron chi connectivity index (χ0n) is 9.19. The molecule has 0 heterocycles. The largest absolute Gasteiger partial charge is 0.490 e. The summed E-state index contributed by atoms with van der Waals surface area (Å²) in [6.07, 6.45) is 1.98. The molecule has 0 saturated heterocycles. The third-order valence-electron chi connectivity index (χ3n) is 2.36. The molecule has 0 aliphatic rings. The monoisotopic (exact) mass is 207 g/mol. The van der Waals surface area contributed by atoms with Gasteiger partial charge in [-0.3, -0.25) is 4.79 Å². The van der Waals surface area contributed by atoms with Gasteiger partial charge in [0.05, 0.1) is 11.7 Å². The Labute approximate surface area is 90.2 Å². The van der Waals surface area contributed by atoms with Crippen LogP contribution >= 0.6 is 0 Å². The predicted molar refractivity (Wildman–Crippen MR) is 60.0 cm³/mol. The van der Waals surface area contributed by atoms with Gasteiger partial charge < -0.3 is 10.5 Å². The Hall–Kier alpha value is -1.51. The topological polar surface area (TPSA) is 52.3 Å². The number of nitrogens with two attached hydrogens (primary N) is 1. The molecule has 0 saturated carbocycles. The van der Waals surface area contributed by atoms with Gasteiger partial charge in [0.2, 0.25) is 0 Å². The Morgan fingerprint density at radius 2 is 1.93 bits per heavy atom. The number of ether oxygens (including phenoxy) is 1. The van der Waals surface area contributed by atoms with Crippen molar-refractivity contribution in [2.24, 2.45) is 5.73 Å². The first-order valence-electron chi connectivity index (χ1n) is 5.24. The van der Waals surface area contributed by atoms with Crippen molar-refractivity contribution in [2.75, 3.05) is 0 Å². The molecular formula is C12H17NO2. The molecule has 1 amide bonds. The van der Waals surface area contributed by atoms with Crippen LogP contribution in [0.1, 0.15) is 37.0 Å². The van der Waals surface area contributed by atoms with Crippen molar-refractivity contribution in [1.29, 1.82) is 0 Å². The number of para-hydroxylation sites is 1. The van der Waals surface area contributed by atoms with Crippen LogP contribution < -0.4 is 10.5 Å². The molecule has 0 bridgehead atoms. The first-order chi connectivity index (χ1) is 7.19. The lowest BCUT2D eigenvalue weighted by Gasteiger charge is -2.17. The van der Waals surface area contributed by atoms with Crippen molar-refractivity contribution in [1.82, 2.24) is 0 Å². The van der Waals surface area contributed by atoms with Crippen LogP contribution in [0.3, 0.4) is 0 Å². The second-order valence-electron chi connectivity index (χ2n) is 3.42. The second-order valence-corrected chi connectivity index (χ2v) is 3.42. The van der Waals surface area contributed by atoms with Gasteiger partial charge in [-0.1, -0.05) is 26.0 Å². The molecule has 0 aromatic heterocycles. The van der Waals surface area contributed by atoms with E-state index in [1.807, 2.05) is 6.07 Å². The van der Waals surface area contributed by atoms with Crippen LogP contribution in [-0.4, -0.2) is 12.0 Å². The zero-order valence-corrected chi connectivity index (χ0v) is 9.19. The molecule has 2 N–H and O–H groups in total. The second kappa shape index (κ2) is 5.39. The summed E-state index contributed by atoms with van der Waals surface area (Å²) in [6, 6.07) is 7.07. The number of hydrogen-bond donors (Lipinski definition) is 1. The fourth-order valence-corrected chi connectivity index (χ4v) is 1.41. The number of carbonyl (C=O) groups excluding carboxylic acids is 1. The molecule has 1 aromatic carbocycles. The van der Waals surface area contributed by atoms with Crippen LogP contribution in [0.4, 0.5) is 0 Å². The number of rotatable bonds is 5. The Balaban J connectivity index is 2.88. The summed E-state index contributed by atoms with van der Waals surface area (Å²) in [7, 11) is 0. The average Bonchev–Trinajstić information content (AvgIpc) is 2.26. The van der Waals surface area contributed by atoms with E-state index in [1.54, 1.807) is 18.2 Å². The molecule has 0 fully saturated rings. The summed E-state index contributed by atoms with van der Waals surface area (Å²) in [6.45, 7) is 4.11. The smallest absolute Gasteiger partial charge is 0.252 e. The van der Waals surface area contributed by atoms with Gasteiger partial charge >= 0.3 is 0 Å². The van der Waals surface area contributed by atoms with Gasteiger partial charge in [0.25, 0.3) is 5.91 Å². The highest BCUT2D eigenvalue weighted by molar-refractivity contribution is 5.95. The molecule has 0 aliphatic carbocycles. The van der Waals surface area contributed by atoms with Crippen molar-refractivity contribution in [2.45, 2.75) is 32.8 Å². The van der Waals surface area contributed by atoms with Gasteiger partial charge in [0, 0.05) is 0 Å². The summed E-state index contributed by atoms with van der Waals surface area (Å²) >= 11 is 0. The minimum absolute atomic E-state index is 0.144. The molecular weight excluding hydrogens is 190 g/mol. The minimum atomic E-state index is -0.448. The maximum absolute atomic E-state index is 11.1. The number of carbonyl (C=O) groups is 1. The van der Waals surface area contributed by atoms with Crippen LogP contribution in [-0.2, 0) is 0 Å². The third kappa shape index (κ3) is 2.98. The van der Waals surface area contributed by atoms with Crippen molar-refractivity contribution in [3.05, 3.63) is 29.8 Å². The first-order valence-corrected chi connectivity index (χ1v) is 5.24. The number of amides is 1. The van der Waals surface area contributed by atoms with E-state index >= 15 is 0 Å². The minimum Gasteiger partial charge on any atom is -0.490 e. The zero-order chi connectivity index (χ0) is 11.3. The Morgan fingerprint density at radius 1 is 1.33 bits per heavy atom. The lowest BCUT2D eigenvalue weighted by molar-refractivity contribution is 0.0992. The van der Waals surface area contributed by atoms with Gasteiger partial charge in [0.15, 0.2) is 0 Å². The van der Waals surface area contributed by atoms with Gasteiger partial charge in [-0.2, -0.15) is 0 Å². The van der Waals surface area contributed by atoms with Crippen LogP contribution in [0.25, 0.3) is 0 Å². The normalized spacial score (nSPS) is 10.3. The molecule has 1 rings (SSSR count). The number of primary amides is 1. The lowest BCUT2D eigenvalue weighted by Crippen LogP contribution is -2.18. The van der Waals surface area contributed by atoms with Crippen molar-refractivity contribution in [3.63, 3.8) is 0 Å². The van der Waals surface area contributed by atoms with E-state index in [9.17, 15) is 4.79 Å². The quantitative estimate of drug-likeness (QED) is 0.805. The fourth-order valence-electron chi connectivity index (χ4n) is 1.41. The van der Waals surface area contributed by atoms with Gasteiger partial charge in [-0.15, -0.1) is 0 Å².